The standard InChI is InChI=1S/C9H18N4O2/c1-13-7-8(10)9(12-13)11-3-4-15-6-5-14-2/h7H,3-6,10H2,1-2H3,(H,11,12). The van der Waals surface area contributed by atoms with Crippen molar-refractivity contribution in [3.8, 4) is 0 Å². The normalized spacial score (nSPS) is 10.5. The summed E-state index contributed by atoms with van der Waals surface area (Å²) in [7, 11) is 3.48. The van der Waals surface area contributed by atoms with Crippen molar-refractivity contribution < 1.29 is 9.47 Å². The highest BCUT2D eigenvalue weighted by Crippen LogP contribution is 2.13. The number of aromatic nitrogens is 2. The average Bonchev–Trinajstić information content (AvgIpc) is 2.51. The molecule has 1 aromatic heterocycles. The third kappa shape index (κ3) is 4.18. The van der Waals surface area contributed by atoms with Crippen LogP contribution in [-0.4, -0.2) is 43.3 Å². The average molecular weight is 214 g/mol. The van der Waals surface area contributed by atoms with Crippen LogP contribution >= 0.6 is 0 Å². The summed E-state index contributed by atoms with van der Waals surface area (Å²) in [4.78, 5) is 0. The molecular weight excluding hydrogens is 196 g/mol. The second kappa shape index (κ2) is 6.26. The zero-order chi connectivity index (χ0) is 11.1. The molecule has 0 amide bonds. The van der Waals surface area contributed by atoms with Gasteiger partial charge in [0.05, 0.1) is 25.5 Å². The number of nitrogen functional groups attached to an aromatic ring is 1. The van der Waals surface area contributed by atoms with Crippen LogP contribution in [0.5, 0.6) is 0 Å². The van der Waals surface area contributed by atoms with Gasteiger partial charge in [-0.15, -0.1) is 0 Å². The SMILES string of the molecule is COCCOCCNc1nn(C)cc1N. The molecule has 0 radical (unpaired) electrons. The number of methoxy groups -OCH3 is 1. The topological polar surface area (TPSA) is 74.3 Å². The molecule has 0 fully saturated rings. The van der Waals surface area contributed by atoms with E-state index in [0.717, 1.165) is 0 Å². The molecule has 1 heterocycles. The molecule has 3 N–H and O–H groups in total. The lowest BCUT2D eigenvalue weighted by Crippen LogP contribution is -2.13. The lowest BCUT2D eigenvalue weighted by molar-refractivity contribution is 0.0759. The summed E-state index contributed by atoms with van der Waals surface area (Å²) in [6.07, 6.45) is 1.76. The van der Waals surface area contributed by atoms with Gasteiger partial charge in [0.2, 0.25) is 0 Å². The minimum atomic E-state index is 0.607. The molecule has 0 aromatic carbocycles. The molecule has 0 saturated heterocycles. The molecule has 1 rings (SSSR count). The molecule has 0 bridgehead atoms. The number of anilines is 2. The van der Waals surface area contributed by atoms with Crippen LogP contribution in [0.2, 0.25) is 0 Å². The summed E-state index contributed by atoms with van der Waals surface area (Å²) in [5.41, 5.74) is 6.34. The van der Waals surface area contributed by atoms with Crippen molar-refractivity contribution in [3.05, 3.63) is 6.20 Å². The van der Waals surface area contributed by atoms with E-state index >= 15 is 0 Å². The molecule has 86 valence electrons. The molecule has 0 spiro atoms. The van der Waals surface area contributed by atoms with Crippen molar-refractivity contribution in [2.24, 2.45) is 7.05 Å². The molecule has 0 saturated carbocycles. The van der Waals surface area contributed by atoms with Crippen molar-refractivity contribution >= 4 is 11.5 Å². The highest BCUT2D eigenvalue weighted by Gasteiger charge is 2.01. The number of aryl methyl sites for hydroxylation is 1. The van der Waals surface area contributed by atoms with Crippen LogP contribution in [0.1, 0.15) is 0 Å². The fraction of sp³-hybridized carbons (Fsp3) is 0.667. The zero-order valence-electron chi connectivity index (χ0n) is 9.19. The van der Waals surface area contributed by atoms with E-state index in [1.165, 1.54) is 0 Å². The molecule has 0 aliphatic heterocycles. The second-order valence-electron chi connectivity index (χ2n) is 3.14. The van der Waals surface area contributed by atoms with Crippen LogP contribution in [0.25, 0.3) is 0 Å². The number of nitrogens with zero attached hydrogens (tertiary/aromatic N) is 2. The first-order valence-electron chi connectivity index (χ1n) is 4.83. The maximum Gasteiger partial charge on any atom is 0.171 e. The Labute approximate surface area is 89.3 Å². The highest BCUT2D eigenvalue weighted by molar-refractivity contribution is 5.59. The van der Waals surface area contributed by atoms with E-state index in [-0.39, 0.29) is 0 Å². The van der Waals surface area contributed by atoms with Crippen LogP contribution < -0.4 is 11.1 Å². The molecule has 0 unspecified atom stereocenters. The van der Waals surface area contributed by atoms with Crippen LogP contribution in [0.4, 0.5) is 11.5 Å². The van der Waals surface area contributed by atoms with Gasteiger partial charge >= 0.3 is 0 Å². The Morgan fingerprint density at radius 3 is 2.87 bits per heavy atom. The van der Waals surface area contributed by atoms with Gasteiger partial charge in [-0.2, -0.15) is 5.10 Å². The Morgan fingerprint density at radius 2 is 2.27 bits per heavy atom. The lowest BCUT2D eigenvalue weighted by Gasteiger charge is -2.05. The molecule has 0 atom stereocenters. The molecular formula is C9H18N4O2. The fourth-order valence-corrected chi connectivity index (χ4v) is 1.13. The number of hydrogen-bond acceptors (Lipinski definition) is 5. The summed E-state index contributed by atoms with van der Waals surface area (Å²) in [5.74, 6) is 0.702. The minimum absolute atomic E-state index is 0.607. The van der Waals surface area contributed by atoms with Gasteiger partial charge in [-0.25, -0.2) is 0 Å². The number of rotatable bonds is 7. The Kier molecular flexibility index (Phi) is 4.92. The number of nitrogens with one attached hydrogen (secondary N) is 1. The quantitative estimate of drug-likeness (QED) is 0.629. The van der Waals surface area contributed by atoms with E-state index < -0.39 is 0 Å². The van der Waals surface area contributed by atoms with Gasteiger partial charge in [-0.1, -0.05) is 0 Å². The largest absolute Gasteiger partial charge is 0.394 e. The van der Waals surface area contributed by atoms with E-state index in [2.05, 4.69) is 10.4 Å². The van der Waals surface area contributed by atoms with Crippen LogP contribution in [0, 0.1) is 0 Å². The predicted molar refractivity (Wildman–Crippen MR) is 58.8 cm³/mol. The van der Waals surface area contributed by atoms with Gasteiger partial charge in [0.15, 0.2) is 5.82 Å². The molecule has 6 heteroatoms. The predicted octanol–water partition coefficient (Wildman–Crippen LogP) is 0.0772. The number of ether oxygens (including phenoxy) is 2. The molecule has 0 aliphatic rings. The van der Waals surface area contributed by atoms with E-state index in [1.54, 1.807) is 18.0 Å². The maximum absolute atomic E-state index is 5.70. The fourth-order valence-electron chi connectivity index (χ4n) is 1.13. The first-order valence-corrected chi connectivity index (χ1v) is 4.83. The third-order valence-electron chi connectivity index (χ3n) is 1.83. The Bertz CT molecular complexity index is 288. The van der Waals surface area contributed by atoms with Gasteiger partial charge in [0.1, 0.15) is 0 Å². The highest BCUT2D eigenvalue weighted by atomic mass is 16.5. The van der Waals surface area contributed by atoms with Gasteiger partial charge < -0.3 is 20.5 Å². The van der Waals surface area contributed by atoms with E-state index in [9.17, 15) is 0 Å². The van der Waals surface area contributed by atoms with Crippen LogP contribution in [0.15, 0.2) is 6.20 Å². The van der Waals surface area contributed by atoms with Crippen molar-refractivity contribution in [1.82, 2.24) is 9.78 Å². The van der Waals surface area contributed by atoms with Crippen molar-refractivity contribution in [2.75, 3.05) is 44.5 Å². The van der Waals surface area contributed by atoms with Crippen LogP contribution in [0.3, 0.4) is 0 Å². The molecule has 1 aromatic rings. The summed E-state index contributed by atoms with van der Waals surface area (Å²) in [6.45, 7) is 2.52. The minimum Gasteiger partial charge on any atom is -0.394 e. The third-order valence-corrected chi connectivity index (χ3v) is 1.83. The smallest absolute Gasteiger partial charge is 0.171 e. The number of hydrogen-bond donors (Lipinski definition) is 2. The van der Waals surface area contributed by atoms with Gasteiger partial charge in [0.25, 0.3) is 0 Å². The van der Waals surface area contributed by atoms with Crippen molar-refractivity contribution in [3.63, 3.8) is 0 Å². The Balaban J connectivity index is 2.12. The van der Waals surface area contributed by atoms with Gasteiger partial charge in [0, 0.05) is 26.9 Å². The number of nitrogens with two attached hydrogens (primary N) is 1. The van der Waals surface area contributed by atoms with E-state index in [1.807, 2.05) is 7.05 Å². The summed E-state index contributed by atoms with van der Waals surface area (Å²) in [6, 6.07) is 0. The molecule has 6 nitrogen and oxygen atoms in total. The summed E-state index contributed by atoms with van der Waals surface area (Å²) >= 11 is 0. The zero-order valence-corrected chi connectivity index (χ0v) is 9.19. The van der Waals surface area contributed by atoms with Gasteiger partial charge in [-0.3, -0.25) is 4.68 Å². The van der Waals surface area contributed by atoms with Gasteiger partial charge in [-0.05, 0) is 0 Å². The summed E-state index contributed by atoms with van der Waals surface area (Å²) < 4.78 is 11.8. The maximum atomic E-state index is 5.70. The van der Waals surface area contributed by atoms with Crippen molar-refractivity contribution in [1.29, 1.82) is 0 Å². The Morgan fingerprint density at radius 1 is 1.47 bits per heavy atom. The van der Waals surface area contributed by atoms with Crippen LogP contribution in [-0.2, 0) is 16.5 Å². The first-order chi connectivity index (χ1) is 7.24. The summed E-state index contributed by atoms with van der Waals surface area (Å²) in [5, 5.41) is 7.23. The first kappa shape index (κ1) is 11.8. The monoisotopic (exact) mass is 214 g/mol. The van der Waals surface area contributed by atoms with E-state index in [4.69, 9.17) is 15.2 Å². The Hall–Kier alpha value is -1.27. The van der Waals surface area contributed by atoms with Crippen molar-refractivity contribution in [2.45, 2.75) is 0 Å². The lowest BCUT2D eigenvalue weighted by atomic mass is 10.5. The molecule has 15 heavy (non-hydrogen) atoms. The van der Waals surface area contributed by atoms with E-state index in [0.29, 0.717) is 37.9 Å². The second-order valence-corrected chi connectivity index (χ2v) is 3.14. The molecule has 0 aliphatic carbocycles.